The van der Waals surface area contributed by atoms with Crippen LogP contribution in [0.2, 0.25) is 0 Å². The van der Waals surface area contributed by atoms with Gasteiger partial charge in [0.15, 0.2) is 0 Å². The molecular weight excluding hydrogens is 433 g/mol. The van der Waals surface area contributed by atoms with E-state index >= 15 is 0 Å². The van der Waals surface area contributed by atoms with Crippen molar-refractivity contribution in [1.29, 1.82) is 0 Å². The van der Waals surface area contributed by atoms with E-state index in [1.165, 1.54) is 0 Å². The Morgan fingerprint density at radius 2 is 1.72 bits per heavy atom. The Morgan fingerprint density at radius 1 is 1.12 bits per heavy atom. The molecule has 0 unspecified atom stereocenters. The number of carboxylic acids is 1. The van der Waals surface area contributed by atoms with Gasteiger partial charge in [0.2, 0.25) is 5.91 Å². The molecule has 0 aromatic heterocycles. The number of amides is 1. The van der Waals surface area contributed by atoms with E-state index in [1.54, 1.807) is 38.3 Å². The lowest BCUT2D eigenvalue weighted by Gasteiger charge is -2.21. The number of ether oxygens (including phenoxy) is 1. The van der Waals surface area contributed by atoms with Crippen molar-refractivity contribution in [3.05, 3.63) is 57.7 Å². The number of carbonyl (C=O) groups excluding carboxylic acids is 1. The van der Waals surface area contributed by atoms with Crippen LogP contribution in [0.4, 0.5) is 5.69 Å². The van der Waals surface area contributed by atoms with Crippen LogP contribution in [-0.4, -0.2) is 24.1 Å². The summed E-state index contributed by atoms with van der Waals surface area (Å²) >= 11 is 2.18. The van der Waals surface area contributed by atoms with Crippen molar-refractivity contribution in [2.45, 2.75) is 13.3 Å². The molecule has 2 N–H and O–H groups in total. The van der Waals surface area contributed by atoms with Gasteiger partial charge in [-0.25, -0.2) is 0 Å². The van der Waals surface area contributed by atoms with Gasteiger partial charge in [0.1, 0.15) is 5.75 Å². The minimum absolute atomic E-state index is 0.299. The summed E-state index contributed by atoms with van der Waals surface area (Å²) < 4.78 is 6.18. The highest BCUT2D eigenvalue weighted by molar-refractivity contribution is 14.1. The van der Waals surface area contributed by atoms with E-state index in [2.05, 4.69) is 27.9 Å². The van der Waals surface area contributed by atoms with E-state index in [9.17, 15) is 14.7 Å². The Bertz CT molecular complexity index is 728. The fraction of sp³-hybridized carbons (Fsp3) is 0.263. The molecular formula is C19H20INO4. The van der Waals surface area contributed by atoms with Gasteiger partial charge in [-0.05, 0) is 71.0 Å². The molecule has 0 aliphatic rings. The van der Waals surface area contributed by atoms with Crippen LogP contribution in [0.1, 0.15) is 12.5 Å². The molecule has 2 aromatic rings. The molecule has 132 valence electrons. The first-order valence-electron chi connectivity index (χ1n) is 7.83. The summed E-state index contributed by atoms with van der Waals surface area (Å²) in [5.74, 6) is -2.05. The lowest BCUT2D eigenvalue weighted by molar-refractivity contribution is -0.145. The average Bonchev–Trinajstić information content (AvgIpc) is 2.61. The van der Waals surface area contributed by atoms with Gasteiger partial charge in [0.25, 0.3) is 0 Å². The smallest absolute Gasteiger partial charge is 0.307 e. The SMILES string of the molecule is COc1ccc(C[C@@H](C(=O)Nc2ccc(I)cc2)[C@@H](C)C(=O)O)cc1. The van der Waals surface area contributed by atoms with Crippen LogP contribution in [-0.2, 0) is 16.0 Å². The van der Waals surface area contributed by atoms with E-state index < -0.39 is 17.8 Å². The zero-order valence-electron chi connectivity index (χ0n) is 14.0. The molecule has 0 radical (unpaired) electrons. The normalized spacial score (nSPS) is 12.9. The molecule has 0 aliphatic carbocycles. The van der Waals surface area contributed by atoms with Gasteiger partial charge in [-0.2, -0.15) is 0 Å². The van der Waals surface area contributed by atoms with Gasteiger partial charge in [0, 0.05) is 9.26 Å². The van der Waals surface area contributed by atoms with E-state index in [1.807, 2.05) is 24.3 Å². The van der Waals surface area contributed by atoms with Crippen molar-refractivity contribution in [2.75, 3.05) is 12.4 Å². The van der Waals surface area contributed by atoms with Crippen LogP contribution in [0, 0.1) is 15.4 Å². The topological polar surface area (TPSA) is 75.6 Å². The molecule has 1 amide bonds. The maximum atomic E-state index is 12.7. The minimum Gasteiger partial charge on any atom is -0.497 e. The summed E-state index contributed by atoms with van der Waals surface area (Å²) in [5.41, 5.74) is 1.54. The van der Waals surface area contributed by atoms with Gasteiger partial charge in [-0.3, -0.25) is 9.59 Å². The number of aliphatic carboxylic acids is 1. The monoisotopic (exact) mass is 453 g/mol. The molecule has 5 nitrogen and oxygen atoms in total. The Kier molecular flexibility index (Phi) is 6.81. The second-order valence-electron chi connectivity index (χ2n) is 5.78. The van der Waals surface area contributed by atoms with Gasteiger partial charge in [-0.1, -0.05) is 19.1 Å². The van der Waals surface area contributed by atoms with Crippen molar-refractivity contribution in [1.82, 2.24) is 0 Å². The molecule has 0 aliphatic heterocycles. The molecule has 2 rings (SSSR count). The van der Waals surface area contributed by atoms with Crippen molar-refractivity contribution in [2.24, 2.45) is 11.8 Å². The molecule has 0 bridgehead atoms. The van der Waals surface area contributed by atoms with Gasteiger partial charge in [-0.15, -0.1) is 0 Å². The van der Waals surface area contributed by atoms with Crippen LogP contribution >= 0.6 is 22.6 Å². The van der Waals surface area contributed by atoms with Gasteiger partial charge >= 0.3 is 5.97 Å². The van der Waals surface area contributed by atoms with Crippen LogP contribution in [0.25, 0.3) is 0 Å². The largest absolute Gasteiger partial charge is 0.497 e. The van der Waals surface area contributed by atoms with Crippen molar-refractivity contribution >= 4 is 40.2 Å². The highest BCUT2D eigenvalue weighted by Crippen LogP contribution is 2.22. The highest BCUT2D eigenvalue weighted by Gasteiger charge is 2.30. The molecule has 0 saturated carbocycles. The second-order valence-corrected chi connectivity index (χ2v) is 7.03. The third kappa shape index (κ3) is 5.45. The molecule has 0 fully saturated rings. The van der Waals surface area contributed by atoms with Crippen LogP contribution in [0.3, 0.4) is 0 Å². The quantitative estimate of drug-likeness (QED) is 0.626. The number of rotatable bonds is 7. The number of carboxylic acid groups (broad SMARTS) is 1. The summed E-state index contributed by atoms with van der Waals surface area (Å²) in [5, 5.41) is 12.2. The standard InChI is InChI=1S/C19H20INO4/c1-12(19(23)24)17(11-13-3-9-16(25-2)10-4-13)18(22)21-15-7-5-14(20)6-8-15/h3-10,12,17H,11H2,1-2H3,(H,21,22)(H,23,24)/t12-,17-/m1/s1. The third-order valence-corrected chi connectivity index (χ3v) is 4.78. The zero-order valence-corrected chi connectivity index (χ0v) is 16.2. The van der Waals surface area contributed by atoms with E-state index in [0.717, 1.165) is 14.9 Å². The molecule has 0 heterocycles. The second kappa shape index (κ2) is 8.84. The van der Waals surface area contributed by atoms with Crippen molar-refractivity contribution < 1.29 is 19.4 Å². The predicted molar refractivity (Wildman–Crippen MR) is 105 cm³/mol. The first-order valence-corrected chi connectivity index (χ1v) is 8.90. The number of anilines is 1. The number of halogens is 1. The molecule has 0 spiro atoms. The zero-order chi connectivity index (χ0) is 18.4. The summed E-state index contributed by atoms with van der Waals surface area (Å²) in [7, 11) is 1.58. The minimum atomic E-state index is -0.990. The van der Waals surface area contributed by atoms with Crippen molar-refractivity contribution in [3.63, 3.8) is 0 Å². The molecule has 0 saturated heterocycles. The maximum absolute atomic E-state index is 12.7. The summed E-state index contributed by atoms with van der Waals surface area (Å²) in [6.07, 6.45) is 0.341. The Morgan fingerprint density at radius 3 is 2.24 bits per heavy atom. The van der Waals surface area contributed by atoms with Crippen LogP contribution in [0.5, 0.6) is 5.75 Å². The number of methoxy groups -OCH3 is 1. The lowest BCUT2D eigenvalue weighted by Crippen LogP contribution is -2.33. The molecule has 6 heteroatoms. The first kappa shape index (κ1) is 19.2. The van der Waals surface area contributed by atoms with E-state index in [0.29, 0.717) is 12.1 Å². The fourth-order valence-corrected chi connectivity index (χ4v) is 2.81. The van der Waals surface area contributed by atoms with Gasteiger partial charge < -0.3 is 15.2 Å². The summed E-state index contributed by atoms with van der Waals surface area (Å²) in [4.78, 5) is 24.1. The van der Waals surface area contributed by atoms with E-state index in [4.69, 9.17) is 4.74 Å². The summed E-state index contributed by atoms with van der Waals surface area (Å²) in [6.45, 7) is 1.56. The Labute approximate surface area is 160 Å². The number of benzene rings is 2. The van der Waals surface area contributed by atoms with E-state index in [-0.39, 0.29) is 5.91 Å². The Balaban J connectivity index is 2.17. The molecule has 25 heavy (non-hydrogen) atoms. The molecule has 2 aromatic carbocycles. The summed E-state index contributed by atoms with van der Waals surface area (Å²) in [6, 6.07) is 14.7. The lowest BCUT2D eigenvalue weighted by atomic mass is 9.87. The van der Waals surface area contributed by atoms with Gasteiger partial charge in [0.05, 0.1) is 18.9 Å². The fourth-order valence-electron chi connectivity index (χ4n) is 2.45. The molecule has 2 atom stereocenters. The maximum Gasteiger partial charge on any atom is 0.307 e. The average molecular weight is 453 g/mol. The number of carbonyl (C=O) groups is 2. The number of nitrogens with one attached hydrogen (secondary N) is 1. The number of hydrogen-bond acceptors (Lipinski definition) is 3. The first-order chi connectivity index (χ1) is 11.9. The third-order valence-electron chi connectivity index (χ3n) is 4.06. The van der Waals surface area contributed by atoms with Crippen molar-refractivity contribution in [3.8, 4) is 5.75 Å². The predicted octanol–water partition coefficient (Wildman–Crippen LogP) is 3.82. The van der Waals surface area contributed by atoms with Crippen LogP contribution < -0.4 is 10.1 Å². The van der Waals surface area contributed by atoms with Crippen LogP contribution in [0.15, 0.2) is 48.5 Å². The Hall–Kier alpha value is -2.09. The number of hydrogen-bond donors (Lipinski definition) is 2. The highest BCUT2D eigenvalue weighted by atomic mass is 127.